The molecule has 0 unspecified atom stereocenters. The Morgan fingerprint density at radius 2 is 1.40 bits per heavy atom. The molecule has 0 saturated carbocycles. The van der Waals surface area contributed by atoms with Crippen molar-refractivity contribution >= 4 is 65.1 Å². The summed E-state index contributed by atoms with van der Waals surface area (Å²) in [6.07, 6.45) is 0. The summed E-state index contributed by atoms with van der Waals surface area (Å²) in [5.41, 5.74) is 4.70. The molecule has 0 bridgehead atoms. The van der Waals surface area contributed by atoms with Crippen molar-refractivity contribution in [2.45, 2.75) is 16.7 Å². The number of aryl methyl sites for hydroxylation is 1. The van der Waals surface area contributed by atoms with Crippen molar-refractivity contribution in [1.29, 1.82) is 0 Å². The number of non-ortho nitro benzene ring substituents is 1. The van der Waals surface area contributed by atoms with Crippen LogP contribution in [0.3, 0.4) is 0 Å². The van der Waals surface area contributed by atoms with Crippen molar-refractivity contribution in [1.82, 2.24) is 0 Å². The summed E-state index contributed by atoms with van der Waals surface area (Å²) in [5, 5.41) is 36.7. The zero-order chi connectivity index (χ0) is 29.4. The van der Waals surface area contributed by atoms with Crippen molar-refractivity contribution in [3.8, 4) is 5.75 Å². The van der Waals surface area contributed by atoms with Crippen molar-refractivity contribution < 1.29 is 36.0 Å². The average Bonchev–Trinajstić information content (AvgIpc) is 2.87. The largest absolute Gasteiger partial charge is 0.505 e. The smallest absolute Gasteiger partial charge is 0.296 e. The molecule has 4 aromatic rings. The zero-order valence-electron chi connectivity index (χ0n) is 20.2. The predicted molar refractivity (Wildman–Crippen MR) is 142 cm³/mol. The van der Waals surface area contributed by atoms with Crippen LogP contribution in [-0.4, -0.2) is 36.0 Å². The molecule has 40 heavy (non-hydrogen) atoms. The van der Waals surface area contributed by atoms with Crippen LogP contribution in [0, 0.1) is 17.0 Å². The van der Waals surface area contributed by atoms with Gasteiger partial charge in [-0.3, -0.25) is 19.2 Å². The number of nitrogens with two attached hydrogens (primary N) is 1. The van der Waals surface area contributed by atoms with Crippen LogP contribution in [0.2, 0.25) is 0 Å². The van der Waals surface area contributed by atoms with Gasteiger partial charge in [-0.2, -0.15) is 27.1 Å². The molecule has 17 heteroatoms. The van der Waals surface area contributed by atoms with E-state index in [1.54, 1.807) is 18.2 Å². The molecular weight excluding hydrogens is 568 g/mol. The van der Waals surface area contributed by atoms with Gasteiger partial charge in [0.15, 0.2) is 5.75 Å². The maximum atomic E-state index is 12.2. The van der Waals surface area contributed by atoms with Gasteiger partial charge in [0.25, 0.3) is 25.9 Å². The molecule has 0 aliphatic heterocycles. The summed E-state index contributed by atoms with van der Waals surface area (Å²) in [6, 6.07) is 13.1. The molecule has 0 atom stereocenters. The van der Waals surface area contributed by atoms with Gasteiger partial charge in [-0.15, -0.1) is 10.2 Å². The summed E-state index contributed by atoms with van der Waals surface area (Å²) < 4.78 is 68.3. The molecule has 0 aliphatic rings. The van der Waals surface area contributed by atoms with Gasteiger partial charge in [0.05, 0.1) is 27.4 Å². The molecule has 0 amide bonds. The third-order valence-corrected chi connectivity index (χ3v) is 7.27. The SMILES string of the molecule is Cc1cc([N+](=O)[O-])ccc1N=Nc1c(S(=O)(=O)O)cc2cc(S(=O)(=O)O)c(N=Nc3ccccc3)c(O)c2c1N. The number of phenolic OH excluding ortho intramolecular Hbond substituents is 1. The van der Waals surface area contributed by atoms with Gasteiger partial charge in [0, 0.05) is 12.1 Å². The summed E-state index contributed by atoms with van der Waals surface area (Å²) in [6.45, 7) is 1.49. The number of azo groups is 2. The Morgan fingerprint density at radius 1 is 0.825 bits per heavy atom. The lowest BCUT2D eigenvalue weighted by Gasteiger charge is -2.14. The molecule has 0 radical (unpaired) electrons. The molecule has 0 saturated heterocycles. The minimum absolute atomic E-state index is 0.0923. The molecule has 0 aromatic heterocycles. The van der Waals surface area contributed by atoms with E-state index in [0.717, 1.165) is 18.2 Å². The fourth-order valence-corrected chi connectivity index (χ4v) is 5.00. The summed E-state index contributed by atoms with van der Waals surface area (Å²) in [4.78, 5) is 8.54. The summed E-state index contributed by atoms with van der Waals surface area (Å²) >= 11 is 0. The number of fused-ring (bicyclic) bond motifs is 1. The topological polar surface area (TPSA) is 248 Å². The second-order valence-corrected chi connectivity index (χ2v) is 11.0. The van der Waals surface area contributed by atoms with E-state index in [4.69, 9.17) is 5.73 Å². The van der Waals surface area contributed by atoms with Crippen molar-refractivity contribution in [2.24, 2.45) is 20.5 Å². The molecule has 0 fully saturated rings. The van der Waals surface area contributed by atoms with Gasteiger partial charge < -0.3 is 10.8 Å². The van der Waals surface area contributed by atoms with E-state index in [1.165, 1.54) is 31.2 Å². The van der Waals surface area contributed by atoms with E-state index in [-0.39, 0.29) is 27.8 Å². The molecule has 4 rings (SSSR count). The molecule has 0 heterocycles. The van der Waals surface area contributed by atoms with Gasteiger partial charge >= 0.3 is 0 Å². The van der Waals surface area contributed by atoms with E-state index < -0.39 is 57.8 Å². The minimum Gasteiger partial charge on any atom is -0.505 e. The third-order valence-electron chi connectivity index (χ3n) is 5.54. The van der Waals surface area contributed by atoms with Gasteiger partial charge in [-0.05, 0) is 48.2 Å². The Labute approximate surface area is 226 Å². The third kappa shape index (κ3) is 5.61. The Balaban J connectivity index is 2.01. The second-order valence-electron chi connectivity index (χ2n) is 8.22. The first-order valence-electron chi connectivity index (χ1n) is 10.9. The van der Waals surface area contributed by atoms with E-state index in [2.05, 4.69) is 20.5 Å². The summed E-state index contributed by atoms with van der Waals surface area (Å²) in [7, 11) is -10.1. The van der Waals surface area contributed by atoms with E-state index in [9.17, 15) is 41.2 Å². The van der Waals surface area contributed by atoms with Crippen LogP contribution < -0.4 is 5.73 Å². The normalized spacial score (nSPS) is 12.5. The lowest BCUT2D eigenvalue weighted by atomic mass is 10.1. The number of nitro benzene ring substituents is 1. The lowest BCUT2D eigenvalue weighted by Crippen LogP contribution is -2.03. The number of rotatable bonds is 7. The number of aromatic hydroxyl groups is 1. The number of hydrogen-bond acceptors (Lipinski definition) is 12. The molecule has 4 aromatic carbocycles. The molecular formula is C23H18N6O9S2. The fraction of sp³-hybridized carbons (Fsp3) is 0.0435. The highest BCUT2D eigenvalue weighted by atomic mass is 32.2. The van der Waals surface area contributed by atoms with Crippen molar-refractivity contribution in [2.75, 3.05) is 5.73 Å². The van der Waals surface area contributed by atoms with Gasteiger partial charge in [0.1, 0.15) is 21.2 Å². The first-order valence-corrected chi connectivity index (χ1v) is 13.8. The number of benzene rings is 4. The number of hydrogen-bond donors (Lipinski definition) is 4. The highest BCUT2D eigenvalue weighted by molar-refractivity contribution is 7.86. The Bertz CT molecular complexity index is 1960. The molecule has 15 nitrogen and oxygen atoms in total. The Morgan fingerprint density at radius 3 is 1.95 bits per heavy atom. The molecule has 0 spiro atoms. The van der Waals surface area contributed by atoms with Crippen LogP contribution in [0.25, 0.3) is 10.8 Å². The quantitative estimate of drug-likeness (QED) is 0.0678. The van der Waals surface area contributed by atoms with Crippen molar-refractivity contribution in [3.05, 3.63) is 76.3 Å². The van der Waals surface area contributed by atoms with Crippen molar-refractivity contribution in [3.63, 3.8) is 0 Å². The number of nitrogens with zero attached hydrogens (tertiary/aromatic N) is 5. The minimum atomic E-state index is -5.06. The standard InChI is InChI=1S/C23H18N6O9S2/c1-12-9-15(29(31)32)7-8-16(12)26-27-21-17(39(33,34)35)10-13-11-18(40(36,37)38)22(23(30)19(13)20(21)24)28-25-14-5-3-2-4-6-14/h2-11,30H,24H2,1H3,(H,33,34,35)(H,36,37,38). The number of phenols is 1. The maximum Gasteiger partial charge on any atom is 0.296 e. The molecule has 5 N–H and O–H groups in total. The first kappa shape index (κ1) is 28.2. The average molecular weight is 587 g/mol. The van der Waals surface area contributed by atoms with Crippen LogP contribution in [0.1, 0.15) is 5.56 Å². The number of nitro groups is 1. The van der Waals surface area contributed by atoms with E-state index >= 15 is 0 Å². The second kappa shape index (κ2) is 10.4. The number of nitrogen functional groups attached to an aromatic ring is 1. The van der Waals surface area contributed by atoms with Gasteiger partial charge in [-0.25, -0.2) is 0 Å². The monoisotopic (exact) mass is 586 g/mol. The predicted octanol–water partition coefficient (Wildman–Crippen LogP) is 5.67. The first-order chi connectivity index (χ1) is 18.7. The van der Waals surface area contributed by atoms with E-state index in [1.807, 2.05) is 0 Å². The van der Waals surface area contributed by atoms with Crippen LogP contribution in [-0.2, 0) is 20.2 Å². The molecule has 206 valence electrons. The van der Waals surface area contributed by atoms with Gasteiger partial charge in [-0.1, -0.05) is 18.2 Å². The highest BCUT2D eigenvalue weighted by Gasteiger charge is 2.28. The highest BCUT2D eigenvalue weighted by Crippen LogP contribution is 2.48. The number of anilines is 1. The Hall–Kier alpha value is -4.84. The Kier molecular flexibility index (Phi) is 7.31. The van der Waals surface area contributed by atoms with Crippen LogP contribution in [0.4, 0.5) is 34.1 Å². The van der Waals surface area contributed by atoms with Crippen LogP contribution >= 0.6 is 0 Å². The van der Waals surface area contributed by atoms with E-state index in [0.29, 0.717) is 5.56 Å². The fourth-order valence-electron chi connectivity index (χ4n) is 3.68. The zero-order valence-corrected chi connectivity index (χ0v) is 21.8. The summed E-state index contributed by atoms with van der Waals surface area (Å²) in [5.74, 6) is -0.896. The lowest BCUT2D eigenvalue weighted by molar-refractivity contribution is -0.384. The van der Waals surface area contributed by atoms with Crippen LogP contribution in [0.5, 0.6) is 5.75 Å². The van der Waals surface area contributed by atoms with Crippen LogP contribution in [0.15, 0.2) is 90.9 Å². The molecule has 0 aliphatic carbocycles. The van der Waals surface area contributed by atoms with Gasteiger partial charge in [0.2, 0.25) is 0 Å². The maximum absolute atomic E-state index is 12.2.